The summed E-state index contributed by atoms with van der Waals surface area (Å²) in [4.78, 5) is 11.4. The largest absolute Gasteiger partial charge is 0.338 e. The summed E-state index contributed by atoms with van der Waals surface area (Å²) in [6, 6.07) is -0.00932. The summed E-state index contributed by atoms with van der Waals surface area (Å²) in [5, 5.41) is 5.80. The number of allylic oxidation sites excluding steroid dienone is 2. The second kappa shape index (κ2) is 20.1. The third kappa shape index (κ3) is 19.1. The van der Waals surface area contributed by atoms with Crippen molar-refractivity contribution in [2.24, 2.45) is 0 Å². The van der Waals surface area contributed by atoms with Gasteiger partial charge in [0.15, 0.2) is 0 Å². The zero-order chi connectivity index (χ0) is 17.7. The van der Waals surface area contributed by atoms with Gasteiger partial charge in [-0.3, -0.25) is 0 Å². The molecule has 142 valence electrons. The first-order valence-corrected chi connectivity index (χ1v) is 10.5. The molecule has 0 bridgehead atoms. The number of nitrogens with one attached hydrogen (secondary N) is 2. The lowest BCUT2D eigenvalue weighted by Crippen LogP contribution is -2.36. The number of carbonyl (C=O) groups is 1. The van der Waals surface area contributed by atoms with Crippen molar-refractivity contribution in [3.05, 3.63) is 12.2 Å². The topological polar surface area (TPSA) is 41.1 Å². The molecule has 0 saturated heterocycles. The molecule has 0 atom stereocenters. The number of unbranched alkanes of at least 4 members (excludes halogenated alkanes) is 11. The summed E-state index contributed by atoms with van der Waals surface area (Å²) in [6.45, 7) is 5.98. The van der Waals surface area contributed by atoms with Crippen molar-refractivity contribution < 1.29 is 4.79 Å². The van der Waals surface area contributed by atoms with Crippen molar-refractivity contribution in [2.45, 2.75) is 104 Å². The van der Waals surface area contributed by atoms with Crippen LogP contribution in [0.3, 0.4) is 0 Å². The molecule has 0 aromatic rings. The molecule has 0 radical (unpaired) electrons. The Morgan fingerprint density at radius 1 is 0.625 bits per heavy atom. The average Bonchev–Trinajstić information content (AvgIpc) is 2.58. The molecule has 0 heterocycles. The van der Waals surface area contributed by atoms with Crippen molar-refractivity contribution in [1.82, 2.24) is 10.6 Å². The summed E-state index contributed by atoms with van der Waals surface area (Å²) in [6.07, 6.45) is 22.5. The van der Waals surface area contributed by atoms with Gasteiger partial charge in [-0.15, -0.1) is 0 Å². The minimum absolute atomic E-state index is 0.00932. The molecular weight excluding hydrogens is 296 g/mol. The number of rotatable bonds is 17. The quantitative estimate of drug-likeness (QED) is 0.236. The van der Waals surface area contributed by atoms with Crippen LogP contribution in [0.4, 0.5) is 4.79 Å². The molecule has 3 nitrogen and oxygen atoms in total. The van der Waals surface area contributed by atoms with E-state index < -0.39 is 0 Å². The van der Waals surface area contributed by atoms with Gasteiger partial charge >= 0.3 is 6.03 Å². The Kier molecular flexibility index (Phi) is 19.2. The van der Waals surface area contributed by atoms with E-state index in [1.807, 2.05) is 0 Å². The zero-order valence-electron chi connectivity index (χ0n) is 16.4. The Morgan fingerprint density at radius 2 is 1.08 bits per heavy atom. The van der Waals surface area contributed by atoms with Gasteiger partial charge in [-0.2, -0.15) is 0 Å². The predicted molar refractivity (Wildman–Crippen MR) is 107 cm³/mol. The Labute approximate surface area is 151 Å². The second-order valence-corrected chi connectivity index (χ2v) is 6.77. The lowest BCUT2D eigenvalue weighted by molar-refractivity contribution is 0.240. The first-order valence-electron chi connectivity index (χ1n) is 10.5. The first kappa shape index (κ1) is 23.0. The maximum absolute atomic E-state index is 11.4. The van der Waals surface area contributed by atoms with Gasteiger partial charge in [-0.25, -0.2) is 4.79 Å². The third-order valence-electron chi connectivity index (χ3n) is 4.29. The maximum atomic E-state index is 11.4. The van der Waals surface area contributed by atoms with Crippen molar-refractivity contribution in [3.63, 3.8) is 0 Å². The van der Waals surface area contributed by atoms with E-state index >= 15 is 0 Å². The summed E-state index contributed by atoms with van der Waals surface area (Å²) >= 11 is 0. The smallest absolute Gasteiger partial charge is 0.314 e. The SMILES string of the molecule is CCCCCC/C=C\CCCCCCCCNC(=O)NCCCC. The van der Waals surface area contributed by atoms with Crippen LogP contribution in [-0.2, 0) is 0 Å². The first-order chi connectivity index (χ1) is 11.8. The molecule has 0 unspecified atom stereocenters. The lowest BCUT2D eigenvalue weighted by atomic mass is 10.1. The van der Waals surface area contributed by atoms with Gasteiger partial charge in [0.1, 0.15) is 0 Å². The molecule has 0 aromatic heterocycles. The number of carbonyl (C=O) groups excluding carboxylic acids is 1. The molecular formula is C21H42N2O. The third-order valence-corrected chi connectivity index (χ3v) is 4.29. The van der Waals surface area contributed by atoms with Gasteiger partial charge in [-0.1, -0.05) is 77.4 Å². The Morgan fingerprint density at radius 3 is 1.67 bits per heavy atom. The van der Waals surface area contributed by atoms with Crippen LogP contribution in [0.2, 0.25) is 0 Å². The average molecular weight is 339 g/mol. The van der Waals surface area contributed by atoms with E-state index in [-0.39, 0.29) is 6.03 Å². The predicted octanol–water partition coefficient (Wildman–Crippen LogP) is 6.34. The van der Waals surface area contributed by atoms with Gasteiger partial charge in [0.05, 0.1) is 0 Å². The fourth-order valence-corrected chi connectivity index (χ4v) is 2.66. The molecule has 3 heteroatoms. The van der Waals surface area contributed by atoms with Crippen LogP contribution < -0.4 is 10.6 Å². The molecule has 0 aliphatic heterocycles. The number of urea groups is 1. The minimum atomic E-state index is -0.00932. The van der Waals surface area contributed by atoms with E-state index in [2.05, 4.69) is 36.6 Å². The highest BCUT2D eigenvalue weighted by molar-refractivity contribution is 5.73. The number of hydrogen-bond acceptors (Lipinski definition) is 1. The van der Waals surface area contributed by atoms with Crippen LogP contribution >= 0.6 is 0 Å². The van der Waals surface area contributed by atoms with E-state index in [0.29, 0.717) is 0 Å². The minimum Gasteiger partial charge on any atom is -0.338 e. The van der Waals surface area contributed by atoms with E-state index in [4.69, 9.17) is 0 Å². The van der Waals surface area contributed by atoms with Crippen molar-refractivity contribution in [2.75, 3.05) is 13.1 Å². The Balaban J connectivity index is 3.14. The van der Waals surface area contributed by atoms with Gasteiger partial charge < -0.3 is 10.6 Å². The van der Waals surface area contributed by atoms with E-state index in [1.54, 1.807) is 0 Å². The van der Waals surface area contributed by atoms with Crippen LogP contribution in [-0.4, -0.2) is 19.1 Å². The summed E-state index contributed by atoms with van der Waals surface area (Å²) in [5.74, 6) is 0. The molecule has 0 saturated carbocycles. The van der Waals surface area contributed by atoms with E-state index in [0.717, 1.165) is 32.4 Å². The highest BCUT2D eigenvalue weighted by Crippen LogP contribution is 2.08. The van der Waals surface area contributed by atoms with Crippen molar-refractivity contribution >= 4 is 6.03 Å². The highest BCUT2D eigenvalue weighted by Gasteiger charge is 1.97. The number of amides is 2. The van der Waals surface area contributed by atoms with Crippen LogP contribution in [0.15, 0.2) is 12.2 Å². The van der Waals surface area contributed by atoms with Crippen molar-refractivity contribution in [3.8, 4) is 0 Å². The van der Waals surface area contributed by atoms with Crippen molar-refractivity contribution in [1.29, 1.82) is 0 Å². The Bertz CT molecular complexity index is 290. The van der Waals surface area contributed by atoms with Crippen LogP contribution in [0.25, 0.3) is 0 Å². The molecule has 0 aromatic carbocycles. The monoisotopic (exact) mass is 338 g/mol. The van der Waals surface area contributed by atoms with Crippen LogP contribution in [0.5, 0.6) is 0 Å². The molecule has 2 N–H and O–H groups in total. The zero-order valence-corrected chi connectivity index (χ0v) is 16.4. The standard InChI is InChI=1S/C21H42N2O/c1-3-5-7-8-9-10-11-12-13-14-15-16-17-18-20-23-21(24)22-19-6-4-2/h10-11H,3-9,12-20H2,1-2H3,(H2,22,23,24)/b11-10-. The van der Waals surface area contributed by atoms with Crippen LogP contribution in [0.1, 0.15) is 104 Å². The molecule has 24 heavy (non-hydrogen) atoms. The van der Waals surface area contributed by atoms with Gasteiger partial charge in [0, 0.05) is 13.1 Å². The summed E-state index contributed by atoms with van der Waals surface area (Å²) in [7, 11) is 0. The van der Waals surface area contributed by atoms with Gasteiger partial charge in [-0.05, 0) is 38.5 Å². The van der Waals surface area contributed by atoms with Crippen LogP contribution in [0, 0.1) is 0 Å². The lowest BCUT2D eigenvalue weighted by Gasteiger charge is -2.06. The molecule has 0 rings (SSSR count). The second-order valence-electron chi connectivity index (χ2n) is 6.77. The van der Waals surface area contributed by atoms with Gasteiger partial charge in [0.25, 0.3) is 0 Å². The summed E-state index contributed by atoms with van der Waals surface area (Å²) in [5.41, 5.74) is 0. The number of hydrogen-bond donors (Lipinski definition) is 2. The molecule has 0 spiro atoms. The molecule has 0 aliphatic carbocycles. The molecule has 2 amide bonds. The Hall–Kier alpha value is -0.990. The molecule has 0 fully saturated rings. The fraction of sp³-hybridized carbons (Fsp3) is 0.857. The van der Waals surface area contributed by atoms with Gasteiger partial charge in [0.2, 0.25) is 0 Å². The fourth-order valence-electron chi connectivity index (χ4n) is 2.66. The van der Waals surface area contributed by atoms with E-state index in [9.17, 15) is 4.79 Å². The maximum Gasteiger partial charge on any atom is 0.314 e. The molecule has 0 aliphatic rings. The highest BCUT2D eigenvalue weighted by atomic mass is 16.2. The normalized spacial score (nSPS) is 11.1. The van der Waals surface area contributed by atoms with E-state index in [1.165, 1.54) is 70.6 Å². The summed E-state index contributed by atoms with van der Waals surface area (Å²) < 4.78 is 0.